The Bertz CT molecular complexity index is 394. The van der Waals surface area contributed by atoms with Crippen LogP contribution in [0.4, 0.5) is 0 Å². The van der Waals surface area contributed by atoms with Crippen LogP contribution < -0.4 is 0 Å². The Morgan fingerprint density at radius 3 is 2.10 bits per heavy atom. The lowest BCUT2D eigenvalue weighted by molar-refractivity contribution is 0.108. The summed E-state index contributed by atoms with van der Waals surface area (Å²) in [6, 6.07) is 0. The first-order chi connectivity index (χ1) is 9.01. The van der Waals surface area contributed by atoms with Crippen LogP contribution in [0, 0.1) is 0 Å². The highest BCUT2D eigenvalue weighted by molar-refractivity contribution is 6.82. The summed E-state index contributed by atoms with van der Waals surface area (Å²) in [7, 11) is -2.14. The van der Waals surface area contributed by atoms with Crippen LogP contribution in [0.1, 0.15) is 62.3 Å². The van der Waals surface area contributed by atoms with Crippen molar-refractivity contribution in [1.82, 2.24) is 0 Å². The summed E-state index contributed by atoms with van der Waals surface area (Å²) < 4.78 is 12.3. The third-order valence-corrected chi connectivity index (χ3v) is 10.9. The summed E-state index contributed by atoms with van der Waals surface area (Å²) in [5.41, 5.74) is 1.78. The van der Waals surface area contributed by atoms with E-state index >= 15 is 0 Å². The zero-order valence-electron chi connectivity index (χ0n) is 14.8. The van der Waals surface area contributed by atoms with Gasteiger partial charge in [0.1, 0.15) is 0 Å². The summed E-state index contributed by atoms with van der Waals surface area (Å²) in [6.45, 7) is 20.9. The van der Waals surface area contributed by atoms with Crippen LogP contribution in [0.2, 0.25) is 15.6 Å². The van der Waals surface area contributed by atoms with Gasteiger partial charge in [-0.05, 0) is 30.8 Å². The Balaban J connectivity index is 3.43. The van der Waals surface area contributed by atoms with Crippen LogP contribution in [-0.2, 0) is 9.16 Å². The van der Waals surface area contributed by atoms with E-state index in [1.165, 1.54) is 5.57 Å². The molecule has 0 spiro atoms. The van der Waals surface area contributed by atoms with Gasteiger partial charge in [0.15, 0.2) is 0 Å². The second-order valence-electron chi connectivity index (χ2n) is 7.77. The van der Waals surface area contributed by atoms with Gasteiger partial charge in [0.25, 0.3) is 14.3 Å². The summed E-state index contributed by atoms with van der Waals surface area (Å²) >= 11 is 0. The second-order valence-corrected chi connectivity index (χ2v) is 13.1. The van der Waals surface area contributed by atoms with E-state index in [1.54, 1.807) is 0 Å². The smallest absolute Gasteiger partial charge is 0.276 e. The van der Waals surface area contributed by atoms with Gasteiger partial charge in [-0.15, -0.1) is 0 Å². The van der Waals surface area contributed by atoms with Gasteiger partial charge in [-0.2, -0.15) is 0 Å². The van der Waals surface area contributed by atoms with Gasteiger partial charge in [0.05, 0.1) is 6.61 Å². The predicted octanol–water partition coefficient (Wildman–Crippen LogP) is 5.78. The van der Waals surface area contributed by atoms with Gasteiger partial charge >= 0.3 is 0 Å². The minimum absolute atomic E-state index is 0.134. The molecule has 116 valence electrons. The molecule has 0 N–H and O–H groups in total. The first-order valence-electron chi connectivity index (χ1n) is 7.67. The quantitative estimate of drug-likeness (QED) is 0.485. The fourth-order valence-corrected chi connectivity index (χ4v) is 10.2. The maximum absolute atomic E-state index is 6.59. The molecule has 1 rings (SSSR count). The normalized spacial score (nSPS) is 23.4. The lowest BCUT2D eigenvalue weighted by Crippen LogP contribution is -2.55. The van der Waals surface area contributed by atoms with Crippen LogP contribution in [0.3, 0.4) is 0 Å². The largest absolute Gasteiger partial charge is 0.517 e. The summed E-state index contributed by atoms with van der Waals surface area (Å²) in [5, 5.41) is 0.269. The first kappa shape index (κ1) is 17.3. The molecule has 1 aliphatic rings. The summed E-state index contributed by atoms with van der Waals surface area (Å²) in [6.07, 6.45) is 4.44. The van der Waals surface area contributed by atoms with E-state index in [4.69, 9.17) is 9.16 Å². The predicted molar refractivity (Wildman–Crippen MR) is 89.2 cm³/mol. The molecule has 0 bridgehead atoms. The number of allylic oxidation sites excluding steroid dienone is 3. The maximum Gasteiger partial charge on any atom is 0.276 e. The van der Waals surface area contributed by atoms with E-state index in [0.29, 0.717) is 12.1 Å². The van der Waals surface area contributed by atoms with Gasteiger partial charge in [0, 0.05) is 11.6 Å². The Morgan fingerprint density at radius 2 is 1.75 bits per heavy atom. The molecule has 0 aliphatic carbocycles. The Labute approximate surface area is 126 Å². The average molecular weight is 297 g/mol. The van der Waals surface area contributed by atoms with Crippen molar-refractivity contribution in [3.63, 3.8) is 0 Å². The van der Waals surface area contributed by atoms with E-state index in [1.807, 2.05) is 6.92 Å². The Kier molecular flexibility index (Phi) is 4.85. The molecule has 0 radical (unpaired) electrons. The molecule has 1 aliphatic heterocycles. The van der Waals surface area contributed by atoms with Gasteiger partial charge < -0.3 is 9.16 Å². The van der Waals surface area contributed by atoms with E-state index in [9.17, 15) is 0 Å². The highest BCUT2D eigenvalue weighted by Gasteiger charge is 2.64. The van der Waals surface area contributed by atoms with Crippen molar-refractivity contribution in [2.45, 2.75) is 77.9 Å². The molecule has 0 amide bonds. The molecule has 2 nitrogen and oxygen atoms in total. The summed E-state index contributed by atoms with van der Waals surface area (Å²) in [4.78, 5) is 0. The molecule has 0 aromatic heterocycles. The Morgan fingerprint density at radius 1 is 1.25 bits per heavy atom. The molecule has 0 aromatic rings. The SMILES string of the molecule is C/C=C(/C)C1C=C(OCC)O[Si]1(C(C)(C)C)C(C)(C)C. The molecule has 0 fully saturated rings. The van der Waals surface area contributed by atoms with Gasteiger partial charge in [-0.25, -0.2) is 0 Å². The van der Waals surface area contributed by atoms with E-state index in [0.717, 1.165) is 5.95 Å². The molecule has 0 saturated carbocycles. The van der Waals surface area contributed by atoms with E-state index in [2.05, 4.69) is 67.5 Å². The van der Waals surface area contributed by atoms with Crippen molar-refractivity contribution in [3.8, 4) is 0 Å². The van der Waals surface area contributed by atoms with E-state index < -0.39 is 8.32 Å². The second kappa shape index (κ2) is 5.59. The molecular formula is C17H32O2Si. The minimum Gasteiger partial charge on any atom is -0.517 e. The monoisotopic (exact) mass is 296 g/mol. The molecule has 1 unspecified atom stereocenters. The molecular weight excluding hydrogens is 264 g/mol. The highest BCUT2D eigenvalue weighted by Crippen LogP contribution is 2.62. The van der Waals surface area contributed by atoms with Gasteiger partial charge in [0.2, 0.25) is 0 Å². The molecule has 20 heavy (non-hydrogen) atoms. The summed E-state index contributed by atoms with van der Waals surface area (Å²) in [5.74, 6) is 0.746. The van der Waals surface area contributed by atoms with Gasteiger partial charge in [-0.1, -0.05) is 53.2 Å². The topological polar surface area (TPSA) is 18.5 Å². The fraction of sp³-hybridized carbons (Fsp3) is 0.765. The highest BCUT2D eigenvalue weighted by atomic mass is 28.4. The molecule has 3 heteroatoms. The van der Waals surface area contributed by atoms with Crippen LogP contribution in [0.15, 0.2) is 23.7 Å². The van der Waals surface area contributed by atoms with Crippen LogP contribution in [0.25, 0.3) is 0 Å². The Hall–Kier alpha value is -0.703. The van der Waals surface area contributed by atoms with Crippen molar-refractivity contribution in [1.29, 1.82) is 0 Å². The van der Waals surface area contributed by atoms with Crippen LogP contribution in [0.5, 0.6) is 0 Å². The standard InChI is InChI=1S/C17H32O2Si/c1-10-13(3)14-12-15(18-11-2)19-20(14,16(4,5)6)17(7,8)9/h10,12,14H,11H2,1-9H3/b13-10-. The number of rotatable bonds is 3. The van der Waals surface area contributed by atoms with Crippen LogP contribution >= 0.6 is 0 Å². The maximum atomic E-state index is 6.59. The van der Waals surface area contributed by atoms with Crippen molar-refractivity contribution >= 4 is 8.32 Å². The number of hydrogen-bond acceptors (Lipinski definition) is 2. The molecule has 0 aromatic carbocycles. The van der Waals surface area contributed by atoms with Crippen molar-refractivity contribution < 1.29 is 9.16 Å². The zero-order valence-corrected chi connectivity index (χ0v) is 15.8. The van der Waals surface area contributed by atoms with Crippen LogP contribution in [-0.4, -0.2) is 14.9 Å². The fourth-order valence-electron chi connectivity index (χ4n) is 3.73. The van der Waals surface area contributed by atoms with Crippen molar-refractivity contribution in [3.05, 3.63) is 23.7 Å². The number of hydrogen-bond donors (Lipinski definition) is 0. The van der Waals surface area contributed by atoms with Gasteiger partial charge in [-0.3, -0.25) is 0 Å². The number of ether oxygens (including phenoxy) is 1. The minimum atomic E-state index is -2.14. The third kappa shape index (κ3) is 2.69. The molecule has 1 heterocycles. The van der Waals surface area contributed by atoms with E-state index in [-0.39, 0.29) is 10.1 Å². The lowest BCUT2D eigenvalue weighted by Gasteiger charge is -2.50. The average Bonchev–Trinajstić information content (AvgIpc) is 2.68. The first-order valence-corrected chi connectivity index (χ1v) is 9.66. The molecule has 0 saturated heterocycles. The van der Waals surface area contributed by atoms with Crippen molar-refractivity contribution in [2.24, 2.45) is 0 Å². The third-order valence-electron chi connectivity index (χ3n) is 4.46. The lowest BCUT2D eigenvalue weighted by atomic mass is 10.2. The molecule has 1 atom stereocenters. The zero-order chi connectivity index (χ0) is 15.8. The van der Waals surface area contributed by atoms with Crippen molar-refractivity contribution in [2.75, 3.05) is 6.61 Å².